The Morgan fingerprint density at radius 3 is 2.80 bits per heavy atom. The van der Waals surface area contributed by atoms with E-state index in [0.717, 1.165) is 17.1 Å². The minimum atomic E-state index is -0.0146. The molecule has 78 valence electrons. The summed E-state index contributed by atoms with van der Waals surface area (Å²) in [6, 6.07) is 0. The van der Waals surface area contributed by atoms with E-state index in [1.165, 1.54) is 0 Å². The van der Waals surface area contributed by atoms with Crippen molar-refractivity contribution in [2.75, 3.05) is 0 Å². The van der Waals surface area contributed by atoms with Gasteiger partial charge in [0.1, 0.15) is 0 Å². The van der Waals surface area contributed by atoms with E-state index in [9.17, 15) is 0 Å². The predicted octanol–water partition coefficient (Wildman–Crippen LogP) is 0.522. The summed E-state index contributed by atoms with van der Waals surface area (Å²) in [4.78, 5) is 12.4. The zero-order chi connectivity index (χ0) is 10.7. The summed E-state index contributed by atoms with van der Waals surface area (Å²) in [7, 11) is 0. The van der Waals surface area contributed by atoms with E-state index in [4.69, 9.17) is 5.11 Å². The lowest BCUT2D eigenvalue weighted by Gasteiger charge is -2.05. The summed E-state index contributed by atoms with van der Waals surface area (Å²) in [5, 5.41) is 9.03. The number of aliphatic hydroxyl groups is 1. The van der Waals surface area contributed by atoms with Crippen LogP contribution in [0.5, 0.6) is 0 Å². The first-order valence-corrected chi connectivity index (χ1v) is 4.67. The van der Waals surface area contributed by atoms with Crippen LogP contribution in [-0.4, -0.2) is 24.6 Å². The molecule has 15 heavy (non-hydrogen) atoms. The maximum atomic E-state index is 9.03. The lowest BCUT2D eigenvalue weighted by molar-refractivity contribution is 0.271. The Hall–Kier alpha value is -1.75. The van der Waals surface area contributed by atoms with Crippen molar-refractivity contribution in [2.24, 2.45) is 0 Å². The maximum absolute atomic E-state index is 9.03. The third kappa shape index (κ3) is 2.19. The number of hydrogen-bond acceptors (Lipinski definition) is 4. The fourth-order valence-electron chi connectivity index (χ4n) is 1.30. The van der Waals surface area contributed by atoms with Gasteiger partial charge in [0.2, 0.25) is 0 Å². The van der Waals surface area contributed by atoms with Crippen molar-refractivity contribution < 1.29 is 5.11 Å². The van der Waals surface area contributed by atoms with Crippen molar-refractivity contribution in [3.63, 3.8) is 0 Å². The highest BCUT2D eigenvalue weighted by Crippen LogP contribution is 2.03. The second kappa shape index (κ2) is 4.18. The molecule has 0 unspecified atom stereocenters. The van der Waals surface area contributed by atoms with Crippen LogP contribution in [0.25, 0.3) is 0 Å². The third-order valence-corrected chi connectivity index (χ3v) is 2.13. The lowest BCUT2D eigenvalue weighted by Crippen LogP contribution is -2.05. The van der Waals surface area contributed by atoms with E-state index in [-0.39, 0.29) is 6.61 Å². The average molecular weight is 204 g/mol. The van der Waals surface area contributed by atoms with E-state index in [1.807, 2.05) is 11.5 Å². The molecule has 0 saturated heterocycles. The van der Waals surface area contributed by atoms with Crippen molar-refractivity contribution >= 4 is 0 Å². The zero-order valence-electron chi connectivity index (χ0n) is 8.46. The minimum Gasteiger partial charge on any atom is -0.390 e. The van der Waals surface area contributed by atoms with Crippen LogP contribution in [0.1, 0.15) is 17.1 Å². The number of nitrogens with zero attached hydrogens (tertiary/aromatic N) is 4. The van der Waals surface area contributed by atoms with Crippen molar-refractivity contribution in [1.29, 1.82) is 0 Å². The van der Waals surface area contributed by atoms with Gasteiger partial charge in [0.05, 0.1) is 49.0 Å². The summed E-state index contributed by atoms with van der Waals surface area (Å²) in [6.07, 6.45) is 6.77. The number of rotatable bonds is 3. The van der Waals surface area contributed by atoms with Crippen LogP contribution >= 0.6 is 0 Å². The number of imidazole rings is 1. The smallest absolute Gasteiger partial charge is 0.0952 e. The number of aromatic nitrogens is 4. The van der Waals surface area contributed by atoms with Crippen LogP contribution in [0.2, 0.25) is 0 Å². The summed E-state index contributed by atoms with van der Waals surface area (Å²) >= 11 is 0. The van der Waals surface area contributed by atoms with Crippen molar-refractivity contribution in [2.45, 2.75) is 20.1 Å². The largest absolute Gasteiger partial charge is 0.390 e. The Kier molecular flexibility index (Phi) is 2.73. The molecule has 0 bridgehead atoms. The van der Waals surface area contributed by atoms with E-state index in [2.05, 4.69) is 15.0 Å². The SMILES string of the molecule is Cc1cnc(Cn2cncc2CO)cn1. The Bertz CT molecular complexity index is 435. The first-order chi connectivity index (χ1) is 7.29. The van der Waals surface area contributed by atoms with Crippen molar-refractivity contribution in [3.8, 4) is 0 Å². The Morgan fingerprint density at radius 1 is 1.27 bits per heavy atom. The van der Waals surface area contributed by atoms with E-state index in [0.29, 0.717) is 6.54 Å². The molecule has 0 atom stereocenters. The zero-order valence-corrected chi connectivity index (χ0v) is 8.46. The molecule has 0 aliphatic heterocycles. The quantitative estimate of drug-likeness (QED) is 0.791. The molecule has 0 fully saturated rings. The van der Waals surface area contributed by atoms with Gasteiger partial charge in [0.15, 0.2) is 0 Å². The molecule has 5 heteroatoms. The molecule has 5 nitrogen and oxygen atoms in total. The van der Waals surface area contributed by atoms with Gasteiger partial charge in [-0.25, -0.2) is 4.98 Å². The van der Waals surface area contributed by atoms with Gasteiger partial charge in [-0.3, -0.25) is 9.97 Å². The monoisotopic (exact) mass is 204 g/mol. The van der Waals surface area contributed by atoms with Gasteiger partial charge in [-0.15, -0.1) is 0 Å². The number of aliphatic hydroxyl groups excluding tert-OH is 1. The summed E-state index contributed by atoms with van der Waals surface area (Å²) in [5.41, 5.74) is 2.53. The van der Waals surface area contributed by atoms with Gasteiger partial charge in [0, 0.05) is 6.20 Å². The topological polar surface area (TPSA) is 63.8 Å². The first kappa shape index (κ1) is 9.79. The van der Waals surface area contributed by atoms with Gasteiger partial charge in [-0.2, -0.15) is 0 Å². The third-order valence-electron chi connectivity index (χ3n) is 2.13. The van der Waals surface area contributed by atoms with Crippen LogP contribution in [0, 0.1) is 6.92 Å². The fraction of sp³-hybridized carbons (Fsp3) is 0.300. The fourth-order valence-corrected chi connectivity index (χ4v) is 1.30. The summed E-state index contributed by atoms with van der Waals surface area (Å²) < 4.78 is 1.85. The maximum Gasteiger partial charge on any atom is 0.0952 e. The molecule has 0 amide bonds. The molecule has 2 heterocycles. The van der Waals surface area contributed by atoms with Gasteiger partial charge in [0.25, 0.3) is 0 Å². The molecule has 0 saturated carbocycles. The van der Waals surface area contributed by atoms with Crippen LogP contribution < -0.4 is 0 Å². The van der Waals surface area contributed by atoms with Gasteiger partial charge in [-0.1, -0.05) is 0 Å². The summed E-state index contributed by atoms with van der Waals surface area (Å²) in [6.45, 7) is 2.47. The number of aryl methyl sites for hydroxylation is 1. The second-order valence-corrected chi connectivity index (χ2v) is 3.32. The van der Waals surface area contributed by atoms with Gasteiger partial charge in [-0.05, 0) is 6.92 Å². The Morgan fingerprint density at radius 2 is 2.13 bits per heavy atom. The van der Waals surface area contributed by atoms with E-state index >= 15 is 0 Å². The van der Waals surface area contributed by atoms with Crippen molar-refractivity contribution in [3.05, 3.63) is 42.0 Å². The molecular formula is C10H12N4O. The van der Waals surface area contributed by atoms with Crippen LogP contribution in [-0.2, 0) is 13.2 Å². The second-order valence-electron chi connectivity index (χ2n) is 3.32. The highest BCUT2D eigenvalue weighted by Gasteiger charge is 2.02. The standard InChI is InChI=1S/C10H12N4O/c1-8-2-13-9(3-12-8)5-14-7-11-4-10(14)6-15/h2-4,7,15H,5-6H2,1H3. The molecule has 0 aromatic carbocycles. The molecule has 1 N–H and O–H groups in total. The van der Waals surface area contributed by atoms with E-state index < -0.39 is 0 Å². The molecule has 0 spiro atoms. The highest BCUT2D eigenvalue weighted by atomic mass is 16.3. The van der Waals surface area contributed by atoms with E-state index in [1.54, 1.807) is 24.9 Å². The molecule has 2 aromatic heterocycles. The van der Waals surface area contributed by atoms with Crippen LogP contribution in [0.15, 0.2) is 24.9 Å². The van der Waals surface area contributed by atoms with Crippen molar-refractivity contribution in [1.82, 2.24) is 19.5 Å². The minimum absolute atomic E-state index is 0.0146. The Balaban J connectivity index is 2.18. The normalized spacial score (nSPS) is 10.5. The van der Waals surface area contributed by atoms with Crippen LogP contribution in [0.3, 0.4) is 0 Å². The molecular weight excluding hydrogens is 192 g/mol. The van der Waals surface area contributed by atoms with Crippen LogP contribution in [0.4, 0.5) is 0 Å². The molecule has 0 radical (unpaired) electrons. The molecule has 0 aliphatic rings. The first-order valence-electron chi connectivity index (χ1n) is 4.67. The molecule has 0 aliphatic carbocycles. The van der Waals surface area contributed by atoms with Gasteiger partial charge < -0.3 is 9.67 Å². The lowest BCUT2D eigenvalue weighted by atomic mass is 10.4. The molecule has 2 rings (SSSR count). The summed E-state index contributed by atoms with van der Waals surface area (Å²) in [5.74, 6) is 0. The Labute approximate surface area is 87.5 Å². The highest BCUT2D eigenvalue weighted by molar-refractivity contribution is 5.04. The molecule has 2 aromatic rings. The van der Waals surface area contributed by atoms with Gasteiger partial charge >= 0.3 is 0 Å². The average Bonchev–Trinajstić information content (AvgIpc) is 2.69. The number of hydrogen-bond donors (Lipinski definition) is 1. The predicted molar refractivity (Wildman–Crippen MR) is 54.0 cm³/mol.